The molecule has 0 radical (unpaired) electrons. The van der Waals surface area contributed by atoms with Crippen molar-refractivity contribution in [2.45, 2.75) is 6.42 Å². The van der Waals surface area contributed by atoms with Gasteiger partial charge in [-0.1, -0.05) is 0 Å². The van der Waals surface area contributed by atoms with Gasteiger partial charge in [-0.15, -0.1) is 24.8 Å². The van der Waals surface area contributed by atoms with Crippen molar-refractivity contribution < 1.29 is 29.9 Å². The van der Waals surface area contributed by atoms with Crippen LogP contribution in [0.15, 0.2) is 34.2 Å². The van der Waals surface area contributed by atoms with Gasteiger partial charge in [-0.05, 0) is 0 Å². The summed E-state index contributed by atoms with van der Waals surface area (Å²) in [7, 11) is 3.31. The number of methoxy groups -OCH3 is 2. The molecule has 0 amide bonds. The molecule has 1 aliphatic rings. The van der Waals surface area contributed by atoms with Crippen LogP contribution < -0.4 is 9.47 Å². The fraction of sp³-hybridized carbons (Fsp3) is 0.231. The van der Waals surface area contributed by atoms with Gasteiger partial charge in [0.1, 0.15) is 0 Å². The minimum Gasteiger partial charge on any atom is -0.147 e. The Hall–Kier alpha value is -0.406. The predicted molar refractivity (Wildman–Crippen MR) is 74.7 cm³/mol. The van der Waals surface area contributed by atoms with Gasteiger partial charge in [0.2, 0.25) is 0 Å². The van der Waals surface area contributed by atoms with Crippen molar-refractivity contribution in [3.63, 3.8) is 0 Å². The van der Waals surface area contributed by atoms with Crippen molar-refractivity contribution in [2.75, 3.05) is 14.2 Å². The third kappa shape index (κ3) is 3.55. The van der Waals surface area contributed by atoms with Gasteiger partial charge in [-0.25, -0.2) is 0 Å². The molecule has 0 saturated carbocycles. The summed E-state index contributed by atoms with van der Waals surface area (Å²) in [6.45, 7) is 0. The monoisotopic (exact) mass is 321 g/mol. The molecule has 1 aromatic carbocycles. The van der Waals surface area contributed by atoms with E-state index in [2.05, 4.69) is 38.7 Å². The second-order valence-electron chi connectivity index (χ2n) is 3.57. The number of halogens is 2. The van der Waals surface area contributed by atoms with Crippen LogP contribution >= 0.6 is 24.8 Å². The van der Waals surface area contributed by atoms with E-state index >= 15 is 0 Å². The van der Waals surface area contributed by atoms with Crippen LogP contribution in [0.2, 0.25) is 0 Å². The Morgan fingerprint density at radius 1 is 1.06 bits per heavy atom. The average molecular weight is 322 g/mol. The van der Waals surface area contributed by atoms with Crippen molar-refractivity contribution in [1.82, 2.24) is 0 Å². The number of allylic oxidation sites excluding steroid dienone is 4. The summed E-state index contributed by atoms with van der Waals surface area (Å²) < 4.78 is 11.9. The standard InChI is InChI=1S/C13H13O2.2ClH.Ti/c1-14-12-8-7-11(9-13(12)15-2)10-5-3-4-6-10;;;/h3,5,7-9H,4H2,1-2H3;2*1H;. The molecule has 0 aromatic heterocycles. The summed E-state index contributed by atoms with van der Waals surface area (Å²) in [6, 6.07) is 6.03. The second kappa shape index (κ2) is 7.90. The van der Waals surface area contributed by atoms with Gasteiger partial charge in [0.25, 0.3) is 0 Å². The molecule has 0 N–H and O–H groups in total. The van der Waals surface area contributed by atoms with Crippen molar-refractivity contribution >= 4 is 30.4 Å². The van der Waals surface area contributed by atoms with E-state index in [1.165, 1.54) is 15.0 Å². The fourth-order valence-electron chi connectivity index (χ4n) is 1.78. The first kappa shape index (κ1) is 17.6. The van der Waals surface area contributed by atoms with E-state index in [0.29, 0.717) is 0 Å². The molecule has 0 fully saturated rings. The quantitative estimate of drug-likeness (QED) is 0.789. The van der Waals surface area contributed by atoms with Crippen molar-refractivity contribution in [2.24, 2.45) is 0 Å². The molecule has 0 spiro atoms. The van der Waals surface area contributed by atoms with E-state index in [0.717, 1.165) is 17.9 Å². The van der Waals surface area contributed by atoms with Gasteiger partial charge < -0.3 is 0 Å². The smallest absolute Gasteiger partial charge is 0.147 e. The first-order chi connectivity index (χ1) is 7.76. The van der Waals surface area contributed by atoms with E-state index < -0.39 is 0 Å². The molecule has 2 rings (SSSR count). The van der Waals surface area contributed by atoms with Gasteiger partial charge in [0, 0.05) is 0 Å². The first-order valence-corrected chi connectivity index (χ1v) is 5.88. The maximum absolute atomic E-state index is 5.30. The molecule has 18 heavy (non-hydrogen) atoms. The molecule has 1 aliphatic carbocycles. The Labute approximate surface area is 132 Å². The molecule has 0 unspecified atom stereocenters. The molecular formula is C13H15Cl2O2Ti. The van der Waals surface area contributed by atoms with Crippen molar-refractivity contribution in [1.29, 1.82) is 0 Å². The number of hydrogen-bond acceptors (Lipinski definition) is 2. The van der Waals surface area contributed by atoms with E-state index in [1.807, 2.05) is 12.1 Å². The molecule has 0 bridgehead atoms. The van der Waals surface area contributed by atoms with Gasteiger partial charge in [0.05, 0.1) is 0 Å². The van der Waals surface area contributed by atoms with Crippen LogP contribution in [0, 0.1) is 0 Å². The fourth-order valence-corrected chi connectivity index (χ4v) is 2.32. The maximum Gasteiger partial charge on any atom is -0.147 e. The van der Waals surface area contributed by atoms with E-state index in [1.54, 1.807) is 14.2 Å². The predicted octanol–water partition coefficient (Wildman–Crippen LogP) is 3.77. The number of rotatable bonds is 3. The number of benzene rings is 1. The van der Waals surface area contributed by atoms with E-state index in [9.17, 15) is 0 Å². The second-order valence-corrected chi connectivity index (χ2v) is 4.51. The zero-order valence-corrected chi connectivity index (χ0v) is 13.4. The largest absolute Gasteiger partial charge is 0.147 e. The summed E-state index contributed by atoms with van der Waals surface area (Å²) in [5.41, 5.74) is 2.48. The van der Waals surface area contributed by atoms with Gasteiger partial charge >= 0.3 is 107 Å². The zero-order valence-electron chi connectivity index (χ0n) is 10.2. The van der Waals surface area contributed by atoms with Crippen LogP contribution in [-0.4, -0.2) is 14.2 Å². The summed E-state index contributed by atoms with van der Waals surface area (Å²) in [4.78, 5) is 0. The zero-order chi connectivity index (χ0) is 11.5. The van der Waals surface area contributed by atoms with Gasteiger partial charge in [-0.2, -0.15) is 0 Å². The number of ether oxygens (including phenoxy) is 2. The van der Waals surface area contributed by atoms with Gasteiger partial charge in [0.15, 0.2) is 0 Å². The minimum absolute atomic E-state index is 0. The number of hydrogen-bond donors (Lipinski definition) is 0. The Morgan fingerprint density at radius 2 is 1.72 bits per heavy atom. The van der Waals surface area contributed by atoms with Crippen molar-refractivity contribution in [3.05, 3.63) is 39.8 Å². The van der Waals surface area contributed by atoms with Crippen LogP contribution in [0.1, 0.15) is 12.0 Å². The first-order valence-electron chi connectivity index (χ1n) is 5.10. The summed E-state index contributed by atoms with van der Waals surface area (Å²) in [6.07, 6.45) is 5.39. The van der Waals surface area contributed by atoms with Gasteiger partial charge in [-0.3, -0.25) is 0 Å². The molecule has 0 aliphatic heterocycles. The molecule has 0 saturated heterocycles. The van der Waals surface area contributed by atoms with Crippen LogP contribution in [0.25, 0.3) is 5.57 Å². The Morgan fingerprint density at radius 3 is 2.22 bits per heavy atom. The minimum atomic E-state index is 0. The third-order valence-corrected chi connectivity index (χ3v) is 3.37. The normalized spacial score (nSPS) is 12.7. The molecule has 1 aromatic rings. The van der Waals surface area contributed by atoms with Crippen LogP contribution in [0.3, 0.4) is 0 Å². The van der Waals surface area contributed by atoms with E-state index in [-0.39, 0.29) is 24.8 Å². The molecule has 97 valence electrons. The molecule has 0 heterocycles. The Kier molecular flexibility index (Phi) is 7.73. The molecule has 2 nitrogen and oxygen atoms in total. The van der Waals surface area contributed by atoms with Crippen molar-refractivity contribution in [3.8, 4) is 11.5 Å². The average Bonchev–Trinajstić information content (AvgIpc) is 2.74. The molecular weight excluding hydrogens is 307 g/mol. The van der Waals surface area contributed by atoms with Crippen LogP contribution in [-0.2, 0) is 20.4 Å². The van der Waals surface area contributed by atoms with Crippen LogP contribution in [0.5, 0.6) is 11.5 Å². The third-order valence-electron chi connectivity index (χ3n) is 2.63. The summed E-state index contributed by atoms with van der Waals surface area (Å²) in [5.74, 6) is 1.55. The van der Waals surface area contributed by atoms with E-state index in [4.69, 9.17) is 9.47 Å². The summed E-state index contributed by atoms with van der Waals surface area (Å²) in [5, 5.41) is 0. The Bertz CT molecular complexity index is 470. The molecule has 0 atom stereocenters. The maximum atomic E-state index is 5.30. The summed E-state index contributed by atoms with van der Waals surface area (Å²) >= 11 is 2.16. The SMILES string of the molecule is COc1ccc(C2=[C]([Ti])CC=C2)cc1OC.Cl.Cl. The topological polar surface area (TPSA) is 18.5 Å². The van der Waals surface area contributed by atoms with Crippen LogP contribution in [0.4, 0.5) is 0 Å². The molecule has 5 heteroatoms. The Balaban J connectivity index is 0.00000144.